The molecule has 0 aliphatic carbocycles. The van der Waals surface area contributed by atoms with E-state index in [9.17, 15) is 4.79 Å². The number of amides is 1. The fourth-order valence-corrected chi connectivity index (χ4v) is 2.77. The highest BCUT2D eigenvalue weighted by Crippen LogP contribution is 2.22. The van der Waals surface area contributed by atoms with Crippen molar-refractivity contribution < 1.29 is 4.79 Å². The molecule has 1 amide bonds. The number of benzene rings is 1. The van der Waals surface area contributed by atoms with Crippen LogP contribution in [0.25, 0.3) is 0 Å². The molecule has 1 aromatic heterocycles. The van der Waals surface area contributed by atoms with E-state index < -0.39 is 0 Å². The number of thiophene rings is 1. The molecule has 2 N–H and O–H groups in total. The predicted molar refractivity (Wildman–Crippen MR) is 83.3 cm³/mol. The molecule has 100 valence electrons. The van der Waals surface area contributed by atoms with Crippen molar-refractivity contribution in [2.45, 2.75) is 20.0 Å². The van der Waals surface area contributed by atoms with Crippen molar-refractivity contribution in [1.29, 1.82) is 0 Å². The molecule has 3 nitrogen and oxygen atoms in total. The Balaban J connectivity index is 1.87. The molecular weight excluding hydrogens is 324 g/mol. The molecule has 1 heterocycles. The Morgan fingerprint density at radius 3 is 2.63 bits per heavy atom. The Bertz CT molecular complexity index is 551. The number of nitrogens with one attached hydrogen (secondary N) is 2. The number of carbonyl (C=O) groups excluding carboxylic acids is 1. The maximum absolute atomic E-state index is 11.1. The third-order valence-electron chi connectivity index (χ3n) is 2.58. The van der Waals surface area contributed by atoms with Crippen LogP contribution in [0.2, 0.25) is 0 Å². The summed E-state index contributed by atoms with van der Waals surface area (Å²) in [5.74, 6) is -0.0347. The summed E-state index contributed by atoms with van der Waals surface area (Å²) in [6.45, 7) is 3.09. The number of halogens is 1. The van der Waals surface area contributed by atoms with Gasteiger partial charge in [0.25, 0.3) is 0 Å². The minimum atomic E-state index is -0.0347. The van der Waals surface area contributed by atoms with Gasteiger partial charge in [0, 0.05) is 29.4 Å². The highest BCUT2D eigenvalue weighted by atomic mass is 79.9. The SMILES string of the molecule is CC(=O)Nc1ccsc1CNCc1ccc(Br)cc1. The molecule has 0 radical (unpaired) electrons. The predicted octanol–water partition coefficient (Wildman–Crippen LogP) is 3.76. The largest absolute Gasteiger partial charge is 0.325 e. The maximum atomic E-state index is 11.1. The van der Waals surface area contributed by atoms with Crippen LogP contribution in [0.3, 0.4) is 0 Å². The monoisotopic (exact) mass is 338 g/mol. The van der Waals surface area contributed by atoms with Crippen molar-refractivity contribution in [2.24, 2.45) is 0 Å². The van der Waals surface area contributed by atoms with Crippen molar-refractivity contribution in [3.05, 3.63) is 50.6 Å². The lowest BCUT2D eigenvalue weighted by molar-refractivity contribution is -0.114. The first-order valence-corrected chi connectivity index (χ1v) is 7.61. The number of carbonyl (C=O) groups is 1. The highest BCUT2D eigenvalue weighted by molar-refractivity contribution is 9.10. The van der Waals surface area contributed by atoms with Crippen LogP contribution >= 0.6 is 27.3 Å². The van der Waals surface area contributed by atoms with Crippen LogP contribution < -0.4 is 10.6 Å². The Morgan fingerprint density at radius 2 is 1.95 bits per heavy atom. The first-order chi connectivity index (χ1) is 9.15. The third kappa shape index (κ3) is 4.45. The van der Waals surface area contributed by atoms with Crippen LogP contribution in [0.5, 0.6) is 0 Å². The van der Waals surface area contributed by atoms with Crippen molar-refractivity contribution in [2.75, 3.05) is 5.32 Å². The summed E-state index contributed by atoms with van der Waals surface area (Å²) in [6.07, 6.45) is 0. The van der Waals surface area contributed by atoms with E-state index in [2.05, 4.69) is 38.7 Å². The maximum Gasteiger partial charge on any atom is 0.221 e. The van der Waals surface area contributed by atoms with Crippen LogP contribution in [-0.2, 0) is 17.9 Å². The molecule has 5 heteroatoms. The molecule has 1 aromatic carbocycles. The van der Waals surface area contributed by atoms with Crippen molar-refractivity contribution in [3.63, 3.8) is 0 Å². The average molecular weight is 339 g/mol. The normalized spacial score (nSPS) is 10.4. The molecule has 0 fully saturated rings. The van der Waals surface area contributed by atoms with Crippen LogP contribution in [0.4, 0.5) is 5.69 Å². The zero-order chi connectivity index (χ0) is 13.7. The fourth-order valence-electron chi connectivity index (χ4n) is 1.70. The van der Waals surface area contributed by atoms with Crippen LogP contribution in [0, 0.1) is 0 Å². The second-order valence-electron chi connectivity index (χ2n) is 4.17. The standard InChI is InChI=1S/C14H15BrN2OS/c1-10(18)17-13-6-7-19-14(13)9-16-8-11-2-4-12(15)5-3-11/h2-7,16H,8-9H2,1H3,(H,17,18). The molecule has 0 aliphatic heterocycles. The molecule has 0 atom stereocenters. The second-order valence-corrected chi connectivity index (χ2v) is 6.09. The Hall–Kier alpha value is -1.17. The molecule has 19 heavy (non-hydrogen) atoms. The van der Waals surface area contributed by atoms with Crippen LogP contribution in [0.1, 0.15) is 17.4 Å². The Kier molecular flexibility index (Phi) is 5.13. The van der Waals surface area contributed by atoms with E-state index >= 15 is 0 Å². The Labute approximate surface area is 125 Å². The summed E-state index contributed by atoms with van der Waals surface area (Å²) in [5, 5.41) is 8.20. The average Bonchev–Trinajstić information content (AvgIpc) is 2.78. The molecule has 0 aliphatic rings. The first kappa shape index (κ1) is 14.2. The minimum absolute atomic E-state index is 0.0347. The van der Waals surface area contributed by atoms with Crippen molar-refractivity contribution >= 4 is 38.9 Å². The third-order valence-corrected chi connectivity index (χ3v) is 4.03. The zero-order valence-corrected chi connectivity index (χ0v) is 13.0. The van der Waals surface area contributed by atoms with E-state index in [1.807, 2.05) is 23.6 Å². The van der Waals surface area contributed by atoms with Gasteiger partial charge in [-0.25, -0.2) is 0 Å². The first-order valence-electron chi connectivity index (χ1n) is 5.94. The molecule has 2 aromatic rings. The smallest absolute Gasteiger partial charge is 0.221 e. The van der Waals surface area contributed by atoms with Gasteiger partial charge in [0.1, 0.15) is 0 Å². The molecular formula is C14H15BrN2OS. The molecule has 0 saturated carbocycles. The zero-order valence-electron chi connectivity index (χ0n) is 10.6. The van der Waals surface area contributed by atoms with Gasteiger partial charge in [-0.05, 0) is 29.1 Å². The van der Waals surface area contributed by atoms with Crippen molar-refractivity contribution in [3.8, 4) is 0 Å². The van der Waals surface area contributed by atoms with E-state index in [4.69, 9.17) is 0 Å². The summed E-state index contributed by atoms with van der Waals surface area (Å²) in [6, 6.07) is 10.2. The fraction of sp³-hybridized carbons (Fsp3) is 0.214. The van der Waals surface area contributed by atoms with Gasteiger partial charge in [-0.3, -0.25) is 4.79 Å². The Morgan fingerprint density at radius 1 is 1.21 bits per heavy atom. The lowest BCUT2D eigenvalue weighted by Gasteiger charge is -2.06. The summed E-state index contributed by atoms with van der Waals surface area (Å²) < 4.78 is 1.09. The van der Waals surface area contributed by atoms with E-state index in [1.165, 1.54) is 12.5 Å². The molecule has 2 rings (SSSR count). The van der Waals surface area contributed by atoms with Gasteiger partial charge >= 0.3 is 0 Å². The van der Waals surface area contributed by atoms with E-state index in [1.54, 1.807) is 11.3 Å². The summed E-state index contributed by atoms with van der Waals surface area (Å²) in [7, 11) is 0. The van der Waals surface area contributed by atoms with E-state index in [-0.39, 0.29) is 5.91 Å². The topological polar surface area (TPSA) is 41.1 Å². The quantitative estimate of drug-likeness (QED) is 0.871. The van der Waals surface area contributed by atoms with Gasteiger partial charge in [0.2, 0.25) is 5.91 Å². The molecule has 0 saturated heterocycles. The van der Waals surface area contributed by atoms with Gasteiger partial charge in [-0.2, -0.15) is 0 Å². The number of hydrogen-bond donors (Lipinski definition) is 2. The summed E-state index contributed by atoms with van der Waals surface area (Å²) in [5.41, 5.74) is 2.14. The summed E-state index contributed by atoms with van der Waals surface area (Å²) in [4.78, 5) is 12.2. The number of hydrogen-bond acceptors (Lipinski definition) is 3. The van der Waals surface area contributed by atoms with Gasteiger partial charge in [0.15, 0.2) is 0 Å². The summed E-state index contributed by atoms with van der Waals surface area (Å²) >= 11 is 5.06. The molecule has 0 spiro atoms. The van der Waals surface area contributed by atoms with Gasteiger partial charge in [-0.15, -0.1) is 11.3 Å². The minimum Gasteiger partial charge on any atom is -0.325 e. The highest BCUT2D eigenvalue weighted by Gasteiger charge is 2.05. The van der Waals surface area contributed by atoms with Gasteiger partial charge in [0.05, 0.1) is 5.69 Å². The molecule has 0 unspecified atom stereocenters. The second kappa shape index (κ2) is 6.84. The lowest BCUT2D eigenvalue weighted by atomic mass is 10.2. The van der Waals surface area contributed by atoms with Crippen LogP contribution in [-0.4, -0.2) is 5.91 Å². The lowest BCUT2D eigenvalue weighted by Crippen LogP contribution is -2.14. The van der Waals surface area contributed by atoms with Gasteiger partial charge < -0.3 is 10.6 Å². The molecule has 0 bridgehead atoms. The van der Waals surface area contributed by atoms with Crippen LogP contribution in [0.15, 0.2) is 40.2 Å². The van der Waals surface area contributed by atoms with E-state index in [0.717, 1.165) is 28.1 Å². The number of anilines is 1. The van der Waals surface area contributed by atoms with Gasteiger partial charge in [-0.1, -0.05) is 28.1 Å². The van der Waals surface area contributed by atoms with Crippen molar-refractivity contribution in [1.82, 2.24) is 5.32 Å². The van der Waals surface area contributed by atoms with E-state index in [0.29, 0.717) is 0 Å². The number of rotatable bonds is 5.